The van der Waals surface area contributed by atoms with E-state index in [1.54, 1.807) is 39.0 Å². The van der Waals surface area contributed by atoms with Crippen LogP contribution < -0.4 is 5.32 Å². The molecule has 0 spiro atoms. The molecule has 7 heteroatoms. The van der Waals surface area contributed by atoms with E-state index in [4.69, 9.17) is 9.84 Å². The highest BCUT2D eigenvalue weighted by molar-refractivity contribution is 5.92. The maximum atomic E-state index is 11.6. The van der Waals surface area contributed by atoms with Gasteiger partial charge in [-0.3, -0.25) is 5.32 Å². The molecule has 0 aliphatic rings. The van der Waals surface area contributed by atoms with Crippen LogP contribution in [0.15, 0.2) is 18.2 Å². The number of aromatic amines is 1. The van der Waals surface area contributed by atoms with Crippen molar-refractivity contribution >= 4 is 28.8 Å². The molecule has 1 amide bonds. The zero-order chi connectivity index (χ0) is 14.9. The summed E-state index contributed by atoms with van der Waals surface area (Å²) in [6, 6.07) is 4.84. The molecular formula is C13H15N3O4. The van der Waals surface area contributed by atoms with E-state index < -0.39 is 17.7 Å². The summed E-state index contributed by atoms with van der Waals surface area (Å²) >= 11 is 0. The number of nitrogens with zero attached hydrogens (tertiary/aromatic N) is 1. The number of anilines is 1. The van der Waals surface area contributed by atoms with Gasteiger partial charge in [-0.1, -0.05) is 0 Å². The van der Waals surface area contributed by atoms with Crippen molar-refractivity contribution in [2.75, 3.05) is 5.32 Å². The van der Waals surface area contributed by atoms with Crippen LogP contribution in [0.5, 0.6) is 0 Å². The Hall–Kier alpha value is -2.57. The van der Waals surface area contributed by atoms with E-state index in [-0.39, 0.29) is 5.82 Å². The zero-order valence-electron chi connectivity index (χ0n) is 11.4. The van der Waals surface area contributed by atoms with E-state index in [2.05, 4.69) is 15.3 Å². The van der Waals surface area contributed by atoms with Crippen molar-refractivity contribution in [3.63, 3.8) is 0 Å². The fourth-order valence-electron chi connectivity index (χ4n) is 1.61. The van der Waals surface area contributed by atoms with Crippen molar-refractivity contribution in [3.05, 3.63) is 24.0 Å². The molecule has 7 nitrogen and oxygen atoms in total. The average Bonchev–Trinajstić information content (AvgIpc) is 2.69. The first-order valence-electron chi connectivity index (χ1n) is 5.98. The third kappa shape index (κ3) is 3.25. The third-order valence-electron chi connectivity index (χ3n) is 2.33. The van der Waals surface area contributed by atoms with Crippen LogP contribution in [-0.4, -0.2) is 32.7 Å². The molecule has 0 saturated heterocycles. The van der Waals surface area contributed by atoms with Gasteiger partial charge in [-0.25, -0.2) is 14.6 Å². The van der Waals surface area contributed by atoms with E-state index in [1.807, 2.05) is 0 Å². The van der Waals surface area contributed by atoms with Crippen molar-refractivity contribution in [1.82, 2.24) is 9.97 Å². The summed E-state index contributed by atoms with van der Waals surface area (Å²) < 4.78 is 5.13. The lowest BCUT2D eigenvalue weighted by molar-refractivity contribution is 0.0633. The number of carboxylic acids is 1. The van der Waals surface area contributed by atoms with E-state index in [1.165, 1.54) is 0 Å². The molecule has 0 atom stereocenters. The summed E-state index contributed by atoms with van der Waals surface area (Å²) in [4.78, 5) is 29.0. The van der Waals surface area contributed by atoms with Gasteiger partial charge in [-0.15, -0.1) is 0 Å². The normalized spacial score (nSPS) is 11.3. The van der Waals surface area contributed by atoms with Crippen LogP contribution in [0.3, 0.4) is 0 Å². The maximum Gasteiger partial charge on any atom is 0.412 e. The van der Waals surface area contributed by atoms with Crippen LogP contribution in [0.4, 0.5) is 10.5 Å². The molecule has 1 heterocycles. The van der Waals surface area contributed by atoms with Gasteiger partial charge in [-0.2, -0.15) is 0 Å². The molecule has 0 radical (unpaired) electrons. The number of hydrogen-bond donors (Lipinski definition) is 3. The molecule has 1 aromatic carbocycles. The molecule has 0 fully saturated rings. The predicted molar refractivity (Wildman–Crippen MR) is 72.9 cm³/mol. The van der Waals surface area contributed by atoms with E-state index in [0.717, 1.165) is 0 Å². The van der Waals surface area contributed by atoms with Crippen LogP contribution in [0, 0.1) is 0 Å². The van der Waals surface area contributed by atoms with Crippen molar-refractivity contribution in [1.29, 1.82) is 0 Å². The molecule has 0 aliphatic carbocycles. The summed E-state index contributed by atoms with van der Waals surface area (Å²) in [5.41, 5.74) is 0.944. The van der Waals surface area contributed by atoms with E-state index in [9.17, 15) is 9.59 Å². The summed E-state index contributed by atoms with van der Waals surface area (Å²) in [5, 5.41) is 11.4. The van der Waals surface area contributed by atoms with Gasteiger partial charge in [0.2, 0.25) is 5.82 Å². The molecule has 0 saturated carbocycles. The number of rotatable bonds is 2. The minimum atomic E-state index is -1.14. The first kappa shape index (κ1) is 13.9. The molecule has 106 valence electrons. The van der Waals surface area contributed by atoms with Crippen molar-refractivity contribution in [2.24, 2.45) is 0 Å². The Morgan fingerprint density at radius 1 is 1.35 bits per heavy atom. The lowest BCUT2D eigenvalue weighted by atomic mass is 10.2. The maximum absolute atomic E-state index is 11.6. The molecule has 0 aliphatic heterocycles. The largest absolute Gasteiger partial charge is 0.475 e. The smallest absolute Gasteiger partial charge is 0.412 e. The Morgan fingerprint density at radius 3 is 2.65 bits per heavy atom. The number of benzene rings is 1. The number of imidazole rings is 1. The number of H-pyrrole nitrogens is 1. The summed E-state index contributed by atoms with van der Waals surface area (Å²) in [6.45, 7) is 5.30. The lowest BCUT2D eigenvalue weighted by Gasteiger charge is -2.19. The number of fused-ring (bicyclic) bond motifs is 1. The standard InChI is InChI=1S/C13H15N3O4/c1-13(2,3)20-12(19)14-7-4-5-8-9(6-7)16-10(15-8)11(17)18/h4-6H,1-3H3,(H,14,19)(H,15,16)(H,17,18). The second-order valence-electron chi connectivity index (χ2n) is 5.25. The van der Waals surface area contributed by atoms with Gasteiger partial charge in [-0.05, 0) is 39.0 Å². The zero-order valence-corrected chi connectivity index (χ0v) is 11.4. The molecule has 2 aromatic rings. The van der Waals surface area contributed by atoms with E-state index in [0.29, 0.717) is 16.7 Å². The second kappa shape index (κ2) is 4.84. The van der Waals surface area contributed by atoms with Gasteiger partial charge in [0.05, 0.1) is 11.0 Å². The number of carbonyl (C=O) groups excluding carboxylic acids is 1. The van der Waals surface area contributed by atoms with Gasteiger partial charge in [0.15, 0.2) is 0 Å². The Labute approximate surface area is 115 Å². The summed E-state index contributed by atoms with van der Waals surface area (Å²) in [6.07, 6.45) is -0.574. The number of ether oxygens (including phenoxy) is 1. The van der Waals surface area contributed by atoms with Crippen molar-refractivity contribution in [2.45, 2.75) is 26.4 Å². The third-order valence-corrected chi connectivity index (χ3v) is 2.33. The van der Waals surface area contributed by atoms with Gasteiger partial charge < -0.3 is 14.8 Å². The fourth-order valence-corrected chi connectivity index (χ4v) is 1.61. The second-order valence-corrected chi connectivity index (χ2v) is 5.25. The molecule has 0 unspecified atom stereocenters. The molecule has 3 N–H and O–H groups in total. The minimum Gasteiger partial charge on any atom is -0.475 e. The molecule has 0 bridgehead atoms. The highest BCUT2D eigenvalue weighted by Gasteiger charge is 2.16. The van der Waals surface area contributed by atoms with Crippen LogP contribution in [0.2, 0.25) is 0 Å². The highest BCUT2D eigenvalue weighted by atomic mass is 16.6. The number of hydrogen-bond acceptors (Lipinski definition) is 4. The van der Waals surface area contributed by atoms with Crippen LogP contribution >= 0.6 is 0 Å². The van der Waals surface area contributed by atoms with Gasteiger partial charge in [0.25, 0.3) is 0 Å². The number of aromatic carboxylic acids is 1. The number of carboxylic acid groups (broad SMARTS) is 1. The number of carbonyl (C=O) groups is 2. The topological polar surface area (TPSA) is 104 Å². The van der Waals surface area contributed by atoms with Gasteiger partial charge in [0.1, 0.15) is 5.60 Å². The Morgan fingerprint density at radius 2 is 2.05 bits per heavy atom. The van der Waals surface area contributed by atoms with Crippen molar-refractivity contribution in [3.8, 4) is 0 Å². The predicted octanol–water partition coefficient (Wildman–Crippen LogP) is 2.61. The fraction of sp³-hybridized carbons (Fsp3) is 0.308. The Kier molecular flexibility index (Phi) is 3.35. The number of amides is 1. The first-order valence-corrected chi connectivity index (χ1v) is 5.98. The van der Waals surface area contributed by atoms with Crippen LogP contribution in [-0.2, 0) is 4.74 Å². The SMILES string of the molecule is CC(C)(C)OC(=O)Nc1ccc2nc(C(=O)O)[nH]c2c1. The van der Waals surface area contributed by atoms with Crippen molar-refractivity contribution < 1.29 is 19.4 Å². The number of aromatic nitrogens is 2. The lowest BCUT2D eigenvalue weighted by Crippen LogP contribution is -2.27. The van der Waals surface area contributed by atoms with Crippen LogP contribution in [0.25, 0.3) is 11.0 Å². The van der Waals surface area contributed by atoms with Crippen LogP contribution in [0.1, 0.15) is 31.4 Å². The van der Waals surface area contributed by atoms with E-state index >= 15 is 0 Å². The Balaban J connectivity index is 2.19. The van der Waals surface area contributed by atoms with Gasteiger partial charge >= 0.3 is 12.1 Å². The number of nitrogens with one attached hydrogen (secondary N) is 2. The summed E-state index contributed by atoms with van der Waals surface area (Å²) in [7, 11) is 0. The highest BCUT2D eigenvalue weighted by Crippen LogP contribution is 2.18. The Bertz CT molecular complexity index is 670. The average molecular weight is 277 g/mol. The molecule has 2 rings (SSSR count). The first-order chi connectivity index (χ1) is 9.24. The molecular weight excluding hydrogens is 262 g/mol. The molecule has 1 aromatic heterocycles. The monoisotopic (exact) mass is 277 g/mol. The molecule has 20 heavy (non-hydrogen) atoms. The van der Waals surface area contributed by atoms with Gasteiger partial charge in [0, 0.05) is 5.69 Å². The summed E-state index contributed by atoms with van der Waals surface area (Å²) in [5.74, 6) is -1.28. The quantitative estimate of drug-likeness (QED) is 0.782. The minimum absolute atomic E-state index is 0.144.